The van der Waals surface area contributed by atoms with Crippen LogP contribution in [0.1, 0.15) is 151 Å². The second kappa shape index (κ2) is 26.4. The quantitative estimate of drug-likeness (QED) is 0.0290. The lowest BCUT2D eigenvalue weighted by molar-refractivity contribution is -0.121. The van der Waals surface area contributed by atoms with Gasteiger partial charge >= 0.3 is 18.0 Å². The van der Waals surface area contributed by atoms with Crippen molar-refractivity contribution in [3.05, 3.63) is 35.4 Å². The molecule has 0 radical (unpaired) electrons. The van der Waals surface area contributed by atoms with E-state index in [0.29, 0.717) is 41.1 Å². The number of hydrogen-bond acceptors (Lipinski definition) is 9. The number of esters is 1. The van der Waals surface area contributed by atoms with Gasteiger partial charge in [0, 0.05) is 54.4 Å². The van der Waals surface area contributed by atoms with Crippen LogP contribution in [-0.4, -0.2) is 108 Å². The number of rotatable bonds is 31. The normalized spacial score (nSPS) is 23.0. The summed E-state index contributed by atoms with van der Waals surface area (Å²) in [5.41, 5.74) is 1.78. The Bertz CT molecular complexity index is 1470. The summed E-state index contributed by atoms with van der Waals surface area (Å²) in [5.74, 6) is 2.20. The van der Waals surface area contributed by atoms with Crippen molar-refractivity contribution in [3.63, 3.8) is 0 Å². The first-order valence-corrected chi connectivity index (χ1v) is 24.9. The summed E-state index contributed by atoms with van der Waals surface area (Å²) in [5, 5.41) is 16.1. The average Bonchev–Trinajstić information content (AvgIpc) is 4.00. The second-order valence-corrected chi connectivity index (χ2v) is 19.6. The highest BCUT2D eigenvalue weighted by Gasteiger charge is 2.43. The Hall–Kier alpha value is -2.97. The van der Waals surface area contributed by atoms with Crippen molar-refractivity contribution in [2.75, 3.05) is 38.2 Å². The number of carbonyl (C=O) groups is 5. The van der Waals surface area contributed by atoms with Crippen LogP contribution in [0.4, 0.5) is 9.59 Å². The molecule has 4 fully saturated rings. The lowest BCUT2D eigenvalue weighted by Gasteiger charge is -2.22. The van der Waals surface area contributed by atoms with E-state index in [-0.39, 0.29) is 48.1 Å². The fourth-order valence-corrected chi connectivity index (χ4v) is 12.0. The Labute approximate surface area is 361 Å². The zero-order valence-corrected chi connectivity index (χ0v) is 37.2. The third-order valence-corrected chi connectivity index (χ3v) is 15.4. The maximum atomic E-state index is 12.4. The van der Waals surface area contributed by atoms with Gasteiger partial charge in [-0.15, -0.1) is 0 Å². The number of nitrogens with zero attached hydrogens (tertiary/aromatic N) is 1. The van der Waals surface area contributed by atoms with E-state index in [1.54, 1.807) is 0 Å². The standard InChI is InChI=1S/C45H72N6O6S2/c1-57-43(54)34-25-23-33(24-26-34)30-51(29-17-9-5-7-15-27-46-40(53)22-14-13-21-39-42-37(32-59-39)48-45(56)50-42)28-16-8-4-2-3-6-10-18-35(52)19-11-12-20-38-41-36(31-58-38)47-44(55)49-41/h23-26,36-39,41-42H,2-22,27-32H2,1H3,(H,46,53)(H2,47,49,55)(H2,48,50,56). The molecule has 0 aliphatic carbocycles. The topological polar surface area (TPSA) is 158 Å². The van der Waals surface area contributed by atoms with Gasteiger partial charge in [-0.25, -0.2) is 14.4 Å². The maximum Gasteiger partial charge on any atom is 0.337 e. The van der Waals surface area contributed by atoms with Crippen LogP contribution >= 0.6 is 23.5 Å². The van der Waals surface area contributed by atoms with Crippen LogP contribution in [0.15, 0.2) is 24.3 Å². The van der Waals surface area contributed by atoms with Crippen LogP contribution in [0.3, 0.4) is 0 Å². The minimum atomic E-state index is -0.310. The van der Waals surface area contributed by atoms with Gasteiger partial charge in [-0.2, -0.15) is 23.5 Å². The number of nitrogens with one attached hydrogen (secondary N) is 5. The summed E-state index contributed by atoms with van der Waals surface area (Å²) in [6.45, 7) is 3.71. The van der Waals surface area contributed by atoms with E-state index in [0.717, 1.165) is 121 Å². The Kier molecular flexibility index (Phi) is 21.1. The SMILES string of the molecule is COC(=O)c1ccc(CN(CCCCCCCCCC(=O)CCCCC2SCC3NC(=O)NC32)CCCCCCCNC(=O)CCCCC2SCC3NC(=O)NC32)cc1. The molecule has 4 saturated heterocycles. The van der Waals surface area contributed by atoms with Crippen molar-refractivity contribution in [2.45, 2.75) is 176 Å². The number of ether oxygens (including phenoxy) is 1. The van der Waals surface area contributed by atoms with Gasteiger partial charge in [0.2, 0.25) is 5.91 Å². The van der Waals surface area contributed by atoms with Crippen LogP contribution in [0.5, 0.6) is 0 Å². The summed E-state index contributed by atoms with van der Waals surface area (Å²) in [6, 6.07) is 8.71. The van der Waals surface area contributed by atoms with Crippen LogP contribution in [-0.2, 0) is 20.9 Å². The summed E-state index contributed by atoms with van der Waals surface area (Å²) in [7, 11) is 1.41. The molecule has 0 saturated carbocycles. The van der Waals surface area contributed by atoms with Gasteiger partial charge in [0.25, 0.3) is 0 Å². The number of hydrogen-bond donors (Lipinski definition) is 5. The highest BCUT2D eigenvalue weighted by atomic mass is 32.2. The molecule has 0 aromatic heterocycles. The van der Waals surface area contributed by atoms with Crippen molar-refractivity contribution in [2.24, 2.45) is 0 Å². The number of amides is 5. The molecule has 0 spiro atoms. The maximum absolute atomic E-state index is 12.4. The van der Waals surface area contributed by atoms with E-state index in [9.17, 15) is 24.0 Å². The summed E-state index contributed by atoms with van der Waals surface area (Å²) in [4.78, 5) is 62.4. The average molecular weight is 857 g/mol. The van der Waals surface area contributed by atoms with Gasteiger partial charge < -0.3 is 31.3 Å². The number of benzene rings is 1. The van der Waals surface area contributed by atoms with Crippen molar-refractivity contribution in [1.82, 2.24) is 31.5 Å². The molecule has 4 aliphatic rings. The molecule has 4 aliphatic heterocycles. The predicted molar refractivity (Wildman–Crippen MR) is 239 cm³/mol. The van der Waals surface area contributed by atoms with Crippen molar-refractivity contribution in [3.8, 4) is 0 Å². The highest BCUT2D eigenvalue weighted by molar-refractivity contribution is 8.00. The number of urea groups is 2. The minimum absolute atomic E-state index is 0.0353. The van der Waals surface area contributed by atoms with Gasteiger partial charge in [-0.3, -0.25) is 14.5 Å². The number of Topliss-reactive ketones (excluding diaryl/α,β-unsaturated/α-hetero) is 1. The Morgan fingerprint density at radius 2 is 1.14 bits per heavy atom. The molecule has 1 aromatic rings. The third-order valence-electron chi connectivity index (χ3n) is 12.4. The first-order valence-electron chi connectivity index (χ1n) is 22.8. The van der Waals surface area contributed by atoms with E-state index in [1.165, 1.54) is 44.8 Å². The molecule has 14 heteroatoms. The molecular weight excluding hydrogens is 785 g/mol. The van der Waals surface area contributed by atoms with E-state index < -0.39 is 0 Å². The molecule has 6 atom stereocenters. The van der Waals surface area contributed by atoms with E-state index in [4.69, 9.17) is 4.74 Å². The number of methoxy groups -OCH3 is 1. The lowest BCUT2D eigenvalue weighted by Crippen LogP contribution is -2.36. The molecule has 12 nitrogen and oxygen atoms in total. The molecule has 5 rings (SSSR count). The van der Waals surface area contributed by atoms with Gasteiger partial charge in [0.05, 0.1) is 36.8 Å². The van der Waals surface area contributed by atoms with E-state index in [1.807, 2.05) is 47.8 Å². The van der Waals surface area contributed by atoms with Crippen molar-refractivity contribution >= 4 is 53.2 Å². The number of fused-ring (bicyclic) bond motifs is 2. The first kappa shape index (κ1) is 47.1. The number of ketones is 1. The minimum Gasteiger partial charge on any atom is -0.465 e. The van der Waals surface area contributed by atoms with Crippen molar-refractivity contribution in [1.29, 1.82) is 0 Å². The van der Waals surface area contributed by atoms with Crippen LogP contribution in [0, 0.1) is 0 Å². The zero-order chi connectivity index (χ0) is 41.7. The Morgan fingerprint density at radius 1 is 0.644 bits per heavy atom. The molecule has 330 valence electrons. The van der Waals surface area contributed by atoms with Crippen molar-refractivity contribution < 1.29 is 28.7 Å². The number of thioether (sulfide) groups is 2. The Balaban J connectivity index is 0.856. The molecule has 4 heterocycles. The molecule has 1 aromatic carbocycles. The first-order chi connectivity index (χ1) is 28.8. The molecule has 59 heavy (non-hydrogen) atoms. The van der Waals surface area contributed by atoms with Crippen LogP contribution in [0.2, 0.25) is 0 Å². The molecule has 6 unspecified atom stereocenters. The van der Waals surface area contributed by atoms with Gasteiger partial charge in [-0.05, 0) is 82.2 Å². The van der Waals surface area contributed by atoms with Crippen LogP contribution < -0.4 is 26.6 Å². The monoisotopic (exact) mass is 856 g/mol. The molecule has 5 amide bonds. The van der Waals surface area contributed by atoms with Gasteiger partial charge in [-0.1, -0.05) is 76.3 Å². The summed E-state index contributed by atoms with van der Waals surface area (Å²) < 4.78 is 4.87. The smallest absolute Gasteiger partial charge is 0.337 e. The van der Waals surface area contributed by atoms with E-state index >= 15 is 0 Å². The predicted octanol–water partition coefficient (Wildman–Crippen LogP) is 7.48. The third kappa shape index (κ3) is 16.8. The molecular formula is C45H72N6O6S2. The zero-order valence-electron chi connectivity index (χ0n) is 35.6. The fraction of sp³-hybridized carbons (Fsp3) is 0.756. The Morgan fingerprint density at radius 3 is 1.69 bits per heavy atom. The van der Waals surface area contributed by atoms with E-state index in [2.05, 4.69) is 31.5 Å². The summed E-state index contributed by atoms with van der Waals surface area (Å²) in [6.07, 6.45) is 21.7. The van der Waals surface area contributed by atoms with Gasteiger partial charge in [0.15, 0.2) is 0 Å². The van der Waals surface area contributed by atoms with Gasteiger partial charge in [0.1, 0.15) is 5.78 Å². The highest BCUT2D eigenvalue weighted by Crippen LogP contribution is 2.34. The second-order valence-electron chi connectivity index (χ2n) is 17.1. The summed E-state index contributed by atoms with van der Waals surface area (Å²) >= 11 is 3.87. The molecule has 0 bridgehead atoms. The lowest BCUT2D eigenvalue weighted by atomic mass is 10.0. The largest absolute Gasteiger partial charge is 0.465 e. The molecule has 5 N–H and O–H groups in total. The fourth-order valence-electron chi connectivity index (χ4n) is 8.95. The number of carbonyl (C=O) groups excluding carboxylic acids is 5. The number of unbranched alkanes of at least 4 members (excludes halogenated alkanes) is 12. The van der Waals surface area contributed by atoms with Crippen LogP contribution in [0.25, 0.3) is 0 Å².